The van der Waals surface area contributed by atoms with Crippen molar-refractivity contribution in [3.05, 3.63) is 34.9 Å². The van der Waals surface area contributed by atoms with Crippen LogP contribution in [-0.2, 0) is 0 Å². The molecule has 1 heterocycles. The lowest BCUT2D eigenvalue weighted by atomic mass is 9.94. The van der Waals surface area contributed by atoms with Gasteiger partial charge in [-0.05, 0) is 29.9 Å². The molecule has 3 heteroatoms. The first-order valence-corrected chi connectivity index (χ1v) is 6.02. The molecule has 2 aromatic carbocycles. The molecule has 1 N–H and O–H groups in total. The van der Waals surface area contributed by atoms with Gasteiger partial charge in [0.1, 0.15) is 0 Å². The normalized spacial score (nSPS) is 13.4. The lowest BCUT2D eigenvalue weighted by molar-refractivity contribution is 0.0749. The van der Waals surface area contributed by atoms with Crippen LogP contribution in [0.5, 0.6) is 11.5 Å². The Morgan fingerprint density at radius 2 is 2.00 bits per heavy atom. The first-order valence-electron chi connectivity index (χ1n) is 6.02. The number of phenols is 1. The summed E-state index contributed by atoms with van der Waals surface area (Å²) in [6.45, 7) is 5.87. The molecule has 1 aliphatic heterocycles. The molecule has 0 saturated heterocycles. The van der Waals surface area contributed by atoms with Gasteiger partial charge in [-0.1, -0.05) is 26.0 Å². The summed E-state index contributed by atoms with van der Waals surface area (Å²) >= 11 is 0. The molecule has 3 nitrogen and oxygen atoms in total. The van der Waals surface area contributed by atoms with Gasteiger partial charge >= 0.3 is 5.97 Å². The summed E-state index contributed by atoms with van der Waals surface area (Å²) < 4.78 is 5.24. The molecule has 0 unspecified atom stereocenters. The number of phenolic OH excluding ortho intramolecular Hbond substituents is 1. The predicted octanol–water partition coefficient (Wildman–Crippen LogP) is 3.51. The monoisotopic (exact) mass is 242 g/mol. The van der Waals surface area contributed by atoms with E-state index >= 15 is 0 Å². The number of carbonyl (C=O) groups excluding carboxylic acids is 1. The molecule has 0 fully saturated rings. The zero-order valence-corrected chi connectivity index (χ0v) is 10.6. The molecule has 0 radical (unpaired) electrons. The summed E-state index contributed by atoms with van der Waals surface area (Å²) in [6, 6.07) is 5.81. The number of aryl methyl sites for hydroxylation is 1. The molecule has 0 amide bonds. The van der Waals surface area contributed by atoms with Crippen LogP contribution in [0.1, 0.15) is 41.3 Å². The van der Waals surface area contributed by atoms with Crippen molar-refractivity contribution in [2.75, 3.05) is 0 Å². The van der Waals surface area contributed by atoms with Crippen molar-refractivity contribution in [2.45, 2.75) is 26.7 Å². The molecule has 0 aromatic heterocycles. The van der Waals surface area contributed by atoms with E-state index in [4.69, 9.17) is 4.74 Å². The molecule has 3 rings (SSSR count). The van der Waals surface area contributed by atoms with Gasteiger partial charge < -0.3 is 9.84 Å². The molecule has 0 spiro atoms. The summed E-state index contributed by atoms with van der Waals surface area (Å²) in [5.41, 5.74) is 2.26. The zero-order valence-electron chi connectivity index (χ0n) is 10.6. The number of rotatable bonds is 1. The Bertz CT molecular complexity index is 684. The van der Waals surface area contributed by atoms with Crippen molar-refractivity contribution >= 4 is 16.7 Å². The van der Waals surface area contributed by atoms with Crippen molar-refractivity contribution < 1.29 is 14.6 Å². The van der Waals surface area contributed by atoms with Crippen molar-refractivity contribution in [1.29, 1.82) is 0 Å². The molecular weight excluding hydrogens is 228 g/mol. The van der Waals surface area contributed by atoms with Gasteiger partial charge in [-0.2, -0.15) is 0 Å². The molecule has 0 bridgehead atoms. The van der Waals surface area contributed by atoms with Crippen LogP contribution in [0.4, 0.5) is 0 Å². The van der Waals surface area contributed by atoms with Crippen LogP contribution in [0.25, 0.3) is 10.8 Å². The van der Waals surface area contributed by atoms with Gasteiger partial charge in [-0.3, -0.25) is 0 Å². The average molecular weight is 242 g/mol. The van der Waals surface area contributed by atoms with Gasteiger partial charge in [-0.25, -0.2) is 4.79 Å². The third-order valence-electron chi connectivity index (χ3n) is 3.49. The predicted molar refractivity (Wildman–Crippen MR) is 69.4 cm³/mol. The Kier molecular flexibility index (Phi) is 2.14. The third-order valence-corrected chi connectivity index (χ3v) is 3.49. The van der Waals surface area contributed by atoms with Gasteiger partial charge in [-0.15, -0.1) is 0 Å². The third kappa shape index (κ3) is 1.27. The number of esters is 1. The van der Waals surface area contributed by atoms with Crippen molar-refractivity contribution in [2.24, 2.45) is 0 Å². The minimum Gasteiger partial charge on any atom is -0.504 e. The van der Waals surface area contributed by atoms with E-state index in [0.29, 0.717) is 11.3 Å². The van der Waals surface area contributed by atoms with Crippen LogP contribution in [0.15, 0.2) is 18.2 Å². The average Bonchev–Trinajstić information content (AvgIpc) is 2.66. The lowest BCUT2D eigenvalue weighted by Gasteiger charge is -2.11. The zero-order chi connectivity index (χ0) is 13.0. The maximum absolute atomic E-state index is 11.9. The van der Waals surface area contributed by atoms with Crippen LogP contribution < -0.4 is 4.74 Å². The van der Waals surface area contributed by atoms with E-state index < -0.39 is 0 Å². The van der Waals surface area contributed by atoms with Crippen LogP contribution in [0, 0.1) is 6.92 Å². The Morgan fingerprint density at radius 3 is 2.67 bits per heavy atom. The quantitative estimate of drug-likeness (QED) is 0.615. The van der Waals surface area contributed by atoms with Crippen molar-refractivity contribution in [3.8, 4) is 11.5 Å². The highest BCUT2D eigenvalue weighted by molar-refractivity contribution is 6.15. The number of aromatic hydroxyl groups is 1. The fraction of sp³-hybridized carbons (Fsp3) is 0.267. The van der Waals surface area contributed by atoms with Crippen LogP contribution in [0.2, 0.25) is 0 Å². The molecule has 2 aromatic rings. The van der Waals surface area contributed by atoms with E-state index in [1.807, 2.05) is 39.0 Å². The SMILES string of the molecule is Cc1ccc2cc(C(C)C)c(O)c3c2c1C(=O)O3. The van der Waals surface area contributed by atoms with E-state index in [2.05, 4.69) is 0 Å². The molecule has 18 heavy (non-hydrogen) atoms. The highest BCUT2D eigenvalue weighted by Crippen LogP contribution is 2.46. The Morgan fingerprint density at radius 1 is 1.28 bits per heavy atom. The van der Waals surface area contributed by atoms with Crippen molar-refractivity contribution in [1.82, 2.24) is 0 Å². The minimum atomic E-state index is -0.371. The summed E-state index contributed by atoms with van der Waals surface area (Å²) in [6.07, 6.45) is 0. The van der Waals surface area contributed by atoms with Gasteiger partial charge in [0.05, 0.1) is 5.56 Å². The summed E-state index contributed by atoms with van der Waals surface area (Å²) in [4.78, 5) is 11.9. The topological polar surface area (TPSA) is 46.5 Å². The van der Waals surface area contributed by atoms with Crippen molar-refractivity contribution in [3.63, 3.8) is 0 Å². The second kappa shape index (κ2) is 3.48. The molecule has 0 saturated carbocycles. The number of ether oxygens (including phenoxy) is 1. The van der Waals surface area contributed by atoms with Crippen LogP contribution >= 0.6 is 0 Å². The lowest BCUT2D eigenvalue weighted by Crippen LogP contribution is -2.02. The number of carbonyl (C=O) groups is 1. The molecule has 92 valence electrons. The van der Waals surface area contributed by atoms with Gasteiger partial charge in [0.15, 0.2) is 11.5 Å². The first kappa shape index (κ1) is 11.1. The molecule has 1 aliphatic rings. The van der Waals surface area contributed by atoms with Gasteiger partial charge in [0.2, 0.25) is 0 Å². The maximum atomic E-state index is 11.9. The molecule has 0 atom stereocenters. The van der Waals surface area contributed by atoms with Gasteiger partial charge in [0, 0.05) is 10.9 Å². The summed E-state index contributed by atoms with van der Waals surface area (Å²) in [5, 5.41) is 11.9. The van der Waals surface area contributed by atoms with Gasteiger partial charge in [0.25, 0.3) is 0 Å². The minimum absolute atomic E-state index is 0.0928. The fourth-order valence-corrected chi connectivity index (χ4v) is 2.52. The number of hydrogen-bond donors (Lipinski definition) is 1. The second-order valence-corrected chi connectivity index (χ2v) is 5.04. The fourth-order valence-electron chi connectivity index (χ4n) is 2.52. The molecular formula is C15H14O3. The highest BCUT2D eigenvalue weighted by atomic mass is 16.5. The number of hydrogen-bond acceptors (Lipinski definition) is 3. The first-order chi connectivity index (χ1) is 8.50. The highest BCUT2D eigenvalue weighted by Gasteiger charge is 2.30. The van der Waals surface area contributed by atoms with Crippen LogP contribution in [0.3, 0.4) is 0 Å². The van der Waals surface area contributed by atoms with E-state index in [0.717, 1.165) is 21.9 Å². The molecule has 0 aliphatic carbocycles. The summed E-state index contributed by atoms with van der Waals surface area (Å²) in [5.74, 6) is 0.217. The number of benzene rings is 2. The van der Waals surface area contributed by atoms with E-state index in [9.17, 15) is 9.90 Å². The summed E-state index contributed by atoms with van der Waals surface area (Å²) in [7, 11) is 0. The van der Waals surface area contributed by atoms with E-state index in [1.54, 1.807) is 0 Å². The Hall–Kier alpha value is -2.03. The van der Waals surface area contributed by atoms with Crippen LogP contribution in [-0.4, -0.2) is 11.1 Å². The smallest absolute Gasteiger partial charge is 0.344 e. The Labute approximate surface area is 105 Å². The second-order valence-electron chi connectivity index (χ2n) is 5.04. The van der Waals surface area contributed by atoms with E-state index in [1.165, 1.54) is 0 Å². The largest absolute Gasteiger partial charge is 0.504 e. The Balaban J connectivity index is 2.48. The van der Waals surface area contributed by atoms with E-state index in [-0.39, 0.29) is 17.6 Å². The standard InChI is InChI=1S/C15H14O3/c1-7(2)10-6-9-5-4-8(3)11-12(9)14(13(10)16)18-15(11)17/h4-7,16H,1-3H3. The maximum Gasteiger partial charge on any atom is 0.344 e.